The number of carboxylic acids is 1. The molecule has 1 saturated heterocycles. The van der Waals surface area contributed by atoms with E-state index >= 15 is 0 Å². The molecule has 1 heterocycles. The maximum atomic E-state index is 13.3. The molecule has 142 valence electrons. The summed E-state index contributed by atoms with van der Waals surface area (Å²) < 4.78 is 19.9. The Balaban J connectivity index is 1.85. The summed E-state index contributed by atoms with van der Waals surface area (Å²) in [6, 6.07) is 12.8. The van der Waals surface area contributed by atoms with E-state index in [1.54, 1.807) is 4.90 Å². The zero-order valence-electron chi connectivity index (χ0n) is 14.7. The van der Waals surface area contributed by atoms with E-state index < -0.39 is 23.5 Å². The first-order chi connectivity index (χ1) is 12.8. The normalized spacial score (nSPS) is 20.9. The van der Waals surface area contributed by atoms with Crippen molar-refractivity contribution in [3.8, 4) is 0 Å². The van der Waals surface area contributed by atoms with Crippen LogP contribution < -0.4 is 0 Å². The number of aliphatic carboxylic acids is 1. The molecule has 0 aromatic heterocycles. The van der Waals surface area contributed by atoms with Crippen LogP contribution in [0.5, 0.6) is 0 Å². The molecule has 0 saturated carbocycles. The van der Waals surface area contributed by atoms with Gasteiger partial charge >= 0.3 is 12.1 Å². The zero-order valence-corrected chi connectivity index (χ0v) is 16.3. The highest BCUT2D eigenvalue weighted by molar-refractivity contribution is 9.10. The summed E-state index contributed by atoms with van der Waals surface area (Å²) in [5.41, 5.74) is 0.130. The van der Waals surface area contributed by atoms with Crippen LogP contribution in [-0.2, 0) is 15.1 Å². The highest BCUT2D eigenvalue weighted by Crippen LogP contribution is 2.39. The molecular formula is C20H19BrFNO4. The number of hydrogen-bond acceptors (Lipinski definition) is 3. The Hall–Kier alpha value is -2.41. The number of rotatable bonds is 5. The van der Waals surface area contributed by atoms with E-state index in [4.69, 9.17) is 4.74 Å². The summed E-state index contributed by atoms with van der Waals surface area (Å²) in [6.45, 7) is 2.23. The molecule has 1 aliphatic rings. The Morgan fingerprint density at radius 2 is 1.89 bits per heavy atom. The lowest BCUT2D eigenvalue weighted by Crippen LogP contribution is -2.49. The van der Waals surface area contributed by atoms with Crippen molar-refractivity contribution in [3.63, 3.8) is 0 Å². The predicted octanol–water partition coefficient (Wildman–Crippen LogP) is 4.86. The van der Waals surface area contributed by atoms with Crippen molar-refractivity contribution in [2.75, 3.05) is 6.54 Å². The lowest BCUT2D eigenvalue weighted by molar-refractivity contribution is -0.146. The van der Waals surface area contributed by atoms with Gasteiger partial charge in [0.05, 0.1) is 12.5 Å². The first-order valence-corrected chi connectivity index (χ1v) is 9.33. The van der Waals surface area contributed by atoms with Gasteiger partial charge in [-0.25, -0.2) is 9.18 Å². The minimum absolute atomic E-state index is 0.221. The number of carboxylic acid groups (broad SMARTS) is 1. The fourth-order valence-corrected chi connectivity index (χ4v) is 3.63. The fraction of sp³-hybridized carbons (Fsp3) is 0.300. The van der Waals surface area contributed by atoms with Gasteiger partial charge in [0.1, 0.15) is 5.82 Å². The van der Waals surface area contributed by atoms with E-state index in [-0.39, 0.29) is 12.5 Å². The van der Waals surface area contributed by atoms with Crippen molar-refractivity contribution in [2.24, 2.45) is 0 Å². The molecule has 2 aromatic carbocycles. The highest BCUT2D eigenvalue weighted by atomic mass is 79.9. The van der Waals surface area contributed by atoms with Crippen molar-refractivity contribution in [1.82, 2.24) is 4.90 Å². The summed E-state index contributed by atoms with van der Waals surface area (Å²) in [4.78, 5) is 25.7. The van der Waals surface area contributed by atoms with Crippen LogP contribution in [0, 0.1) is 5.82 Å². The molecule has 1 fully saturated rings. The third-order valence-corrected chi connectivity index (χ3v) is 5.43. The molecule has 3 rings (SSSR count). The zero-order chi connectivity index (χ0) is 19.6. The van der Waals surface area contributed by atoms with Gasteiger partial charge in [-0.3, -0.25) is 4.79 Å². The summed E-state index contributed by atoms with van der Waals surface area (Å²) in [6.07, 6.45) is -0.648. The lowest BCUT2D eigenvalue weighted by Gasteiger charge is -2.42. The van der Waals surface area contributed by atoms with E-state index in [2.05, 4.69) is 15.9 Å². The fourth-order valence-electron chi connectivity index (χ4n) is 3.37. The van der Waals surface area contributed by atoms with Crippen molar-refractivity contribution >= 4 is 28.0 Å². The number of amides is 1. The molecule has 27 heavy (non-hydrogen) atoms. The van der Waals surface area contributed by atoms with Crippen molar-refractivity contribution in [1.29, 1.82) is 0 Å². The largest absolute Gasteiger partial charge is 0.481 e. The Kier molecular flexibility index (Phi) is 5.51. The first-order valence-electron chi connectivity index (χ1n) is 8.54. The number of cyclic esters (lactones) is 1. The van der Waals surface area contributed by atoms with Gasteiger partial charge < -0.3 is 14.7 Å². The van der Waals surface area contributed by atoms with Gasteiger partial charge in [-0.15, -0.1) is 0 Å². The van der Waals surface area contributed by atoms with Gasteiger partial charge in [0.15, 0.2) is 5.60 Å². The summed E-state index contributed by atoms with van der Waals surface area (Å²) in [5, 5.41) is 9.33. The van der Waals surface area contributed by atoms with Gasteiger partial charge in [-0.2, -0.15) is 0 Å². The molecule has 0 aliphatic carbocycles. The molecule has 1 aliphatic heterocycles. The van der Waals surface area contributed by atoms with Gasteiger partial charge in [0.2, 0.25) is 0 Å². The Morgan fingerprint density at radius 3 is 2.44 bits per heavy atom. The molecular weight excluding hydrogens is 417 g/mol. The lowest BCUT2D eigenvalue weighted by atomic mass is 9.85. The maximum Gasteiger partial charge on any atom is 0.411 e. The van der Waals surface area contributed by atoms with Crippen LogP contribution in [0.1, 0.15) is 36.9 Å². The monoisotopic (exact) mass is 435 g/mol. The van der Waals surface area contributed by atoms with Crippen LogP contribution in [0.3, 0.4) is 0 Å². The van der Waals surface area contributed by atoms with Crippen LogP contribution in [0.15, 0.2) is 53.0 Å². The molecule has 0 unspecified atom stereocenters. The second-order valence-corrected chi connectivity index (χ2v) is 7.53. The smallest absolute Gasteiger partial charge is 0.411 e. The first kappa shape index (κ1) is 19.4. The maximum absolute atomic E-state index is 13.3. The van der Waals surface area contributed by atoms with Crippen LogP contribution in [0.25, 0.3) is 0 Å². The van der Waals surface area contributed by atoms with Crippen molar-refractivity contribution < 1.29 is 23.8 Å². The van der Waals surface area contributed by atoms with E-state index in [9.17, 15) is 19.1 Å². The SMILES string of the molecule is C[C@@H](c1ccc(Br)cc1)N1CC[C@](CC(=O)O)(c2ccc(F)cc2)OC1=O. The topological polar surface area (TPSA) is 66.8 Å². The number of nitrogens with zero attached hydrogens (tertiary/aromatic N) is 1. The van der Waals surface area contributed by atoms with Crippen LogP contribution in [-0.4, -0.2) is 28.6 Å². The van der Waals surface area contributed by atoms with E-state index in [1.165, 1.54) is 24.3 Å². The van der Waals surface area contributed by atoms with Gasteiger partial charge in [-0.1, -0.05) is 40.2 Å². The van der Waals surface area contributed by atoms with E-state index in [0.29, 0.717) is 18.5 Å². The summed E-state index contributed by atoms with van der Waals surface area (Å²) in [7, 11) is 0. The van der Waals surface area contributed by atoms with Crippen molar-refractivity contribution in [2.45, 2.75) is 31.4 Å². The molecule has 0 spiro atoms. The molecule has 2 aromatic rings. The second kappa shape index (κ2) is 7.68. The minimum Gasteiger partial charge on any atom is -0.481 e. The Morgan fingerprint density at radius 1 is 1.26 bits per heavy atom. The molecule has 1 N–H and O–H groups in total. The Bertz CT molecular complexity index is 840. The predicted molar refractivity (Wildman–Crippen MR) is 101 cm³/mol. The highest BCUT2D eigenvalue weighted by Gasteiger charge is 2.45. The van der Waals surface area contributed by atoms with Crippen LogP contribution in [0.2, 0.25) is 0 Å². The number of halogens is 2. The molecule has 0 bridgehead atoms. The quantitative estimate of drug-likeness (QED) is 0.727. The number of ether oxygens (including phenoxy) is 1. The third-order valence-electron chi connectivity index (χ3n) is 4.90. The number of hydrogen-bond donors (Lipinski definition) is 1. The average molecular weight is 436 g/mol. The van der Waals surface area contributed by atoms with Gasteiger partial charge in [-0.05, 0) is 42.3 Å². The van der Waals surface area contributed by atoms with E-state index in [0.717, 1.165) is 10.0 Å². The van der Waals surface area contributed by atoms with Crippen LogP contribution >= 0.6 is 15.9 Å². The van der Waals surface area contributed by atoms with Crippen molar-refractivity contribution in [3.05, 3.63) is 69.9 Å². The minimum atomic E-state index is -1.30. The van der Waals surface area contributed by atoms with Crippen LogP contribution in [0.4, 0.5) is 9.18 Å². The number of carbonyl (C=O) groups excluding carboxylic acids is 1. The molecule has 5 nitrogen and oxygen atoms in total. The summed E-state index contributed by atoms with van der Waals surface area (Å²) >= 11 is 3.38. The number of carbonyl (C=O) groups is 2. The average Bonchev–Trinajstić information content (AvgIpc) is 2.62. The standard InChI is InChI=1S/C20H19BrFNO4/c1-13(14-2-6-16(21)7-3-14)23-11-10-20(12-18(24)25,27-19(23)26)15-4-8-17(22)9-5-15/h2-9,13H,10-12H2,1H3,(H,24,25)/t13-,20-/m0/s1. The Labute approximate surface area is 164 Å². The summed E-state index contributed by atoms with van der Waals surface area (Å²) in [5.74, 6) is -1.52. The molecule has 1 amide bonds. The van der Waals surface area contributed by atoms with Gasteiger partial charge in [0, 0.05) is 17.4 Å². The number of benzene rings is 2. The third kappa shape index (κ3) is 4.13. The molecule has 2 atom stereocenters. The van der Waals surface area contributed by atoms with Gasteiger partial charge in [0.25, 0.3) is 0 Å². The second-order valence-electron chi connectivity index (χ2n) is 6.61. The molecule has 0 radical (unpaired) electrons. The van der Waals surface area contributed by atoms with E-state index in [1.807, 2.05) is 31.2 Å². The molecule has 7 heteroatoms.